The maximum absolute atomic E-state index is 13.4. The van der Waals surface area contributed by atoms with Gasteiger partial charge < -0.3 is 9.29 Å². The van der Waals surface area contributed by atoms with Gasteiger partial charge in [-0.3, -0.25) is 0 Å². The van der Waals surface area contributed by atoms with Crippen LogP contribution in [0.1, 0.15) is 30.5 Å². The highest BCUT2D eigenvalue weighted by atomic mass is 35.7. The van der Waals surface area contributed by atoms with Crippen LogP contribution >= 0.6 is 10.7 Å². The molecule has 0 spiro atoms. The third-order valence-corrected chi connectivity index (χ3v) is 8.36. The summed E-state index contributed by atoms with van der Waals surface area (Å²) in [6, 6.07) is 15.1. The van der Waals surface area contributed by atoms with E-state index in [1.54, 1.807) is 19.9 Å². The number of halogens is 4. The van der Waals surface area contributed by atoms with Gasteiger partial charge in [-0.2, -0.15) is 17.7 Å². The summed E-state index contributed by atoms with van der Waals surface area (Å²) >= 11 is 0. The summed E-state index contributed by atoms with van der Waals surface area (Å²) < 4.78 is 90.4. The van der Waals surface area contributed by atoms with Crippen LogP contribution in [-0.4, -0.2) is 50.2 Å². The van der Waals surface area contributed by atoms with Crippen molar-refractivity contribution in [3.8, 4) is 5.75 Å². The molecule has 3 aromatic carbocycles. The van der Waals surface area contributed by atoms with E-state index in [1.807, 2.05) is 55.8 Å². The molecule has 0 saturated heterocycles. The highest BCUT2D eigenvalue weighted by Gasteiger charge is 2.50. The van der Waals surface area contributed by atoms with Crippen LogP contribution in [0.2, 0.25) is 0 Å². The third kappa shape index (κ3) is 5.81. The molecule has 210 valence electrons. The van der Waals surface area contributed by atoms with Crippen molar-refractivity contribution >= 4 is 58.0 Å². The van der Waals surface area contributed by atoms with E-state index in [0.29, 0.717) is 16.8 Å². The smallest absolute Gasteiger partial charge is 0.485 e. The molecule has 39 heavy (non-hydrogen) atoms. The van der Waals surface area contributed by atoms with Crippen molar-refractivity contribution in [1.29, 1.82) is 0 Å². The van der Waals surface area contributed by atoms with Gasteiger partial charge in [0.25, 0.3) is 14.8 Å². The third-order valence-electron chi connectivity index (χ3n) is 6.32. The maximum Gasteiger partial charge on any atom is 0.485 e. The SMILES string of the molecule is Cc1ccc(S(=O)(=O)Cl)c(C)c1OC(=O)C1=[N+](C)c2c(ccc3ccccc23)C1(C)C.O=S(=O)([O-])C(F)(F)F. The summed E-state index contributed by atoms with van der Waals surface area (Å²) in [5.41, 5.74) is -2.79. The summed E-state index contributed by atoms with van der Waals surface area (Å²) in [6.07, 6.45) is 0. The first-order valence-electron chi connectivity index (χ1n) is 11.1. The van der Waals surface area contributed by atoms with Crippen LogP contribution < -0.4 is 4.74 Å². The van der Waals surface area contributed by atoms with Gasteiger partial charge in [-0.1, -0.05) is 36.4 Å². The Morgan fingerprint density at radius 3 is 2.10 bits per heavy atom. The van der Waals surface area contributed by atoms with Crippen molar-refractivity contribution in [2.75, 3.05) is 7.05 Å². The largest absolute Gasteiger partial charge is 0.741 e. The molecule has 1 aliphatic heterocycles. The summed E-state index contributed by atoms with van der Waals surface area (Å²) in [5.74, 6) is -0.313. The van der Waals surface area contributed by atoms with Crippen molar-refractivity contribution in [3.05, 3.63) is 65.2 Å². The Morgan fingerprint density at radius 1 is 1.00 bits per heavy atom. The zero-order valence-corrected chi connectivity index (χ0v) is 23.6. The van der Waals surface area contributed by atoms with Gasteiger partial charge in [-0.25, -0.2) is 21.6 Å². The Bertz CT molecular complexity index is 1750. The molecular formula is C25H23ClF3NO7S2. The van der Waals surface area contributed by atoms with E-state index in [9.17, 15) is 26.4 Å². The van der Waals surface area contributed by atoms with Crippen LogP contribution in [-0.2, 0) is 29.4 Å². The second-order valence-electron chi connectivity index (χ2n) is 9.28. The number of carbonyl (C=O) groups is 1. The van der Waals surface area contributed by atoms with Crippen molar-refractivity contribution in [3.63, 3.8) is 0 Å². The number of nitrogens with zero attached hydrogens (tertiary/aromatic N) is 1. The molecule has 0 N–H and O–H groups in total. The Balaban J connectivity index is 0.000000459. The van der Waals surface area contributed by atoms with Crippen molar-refractivity contribution in [1.82, 2.24) is 0 Å². The number of fused-ring (bicyclic) bond motifs is 3. The lowest BCUT2D eigenvalue weighted by Crippen LogP contribution is -2.38. The normalized spacial score (nSPS) is 15.0. The molecule has 0 unspecified atom stereocenters. The zero-order valence-electron chi connectivity index (χ0n) is 21.3. The van der Waals surface area contributed by atoms with Gasteiger partial charge in [-0.05, 0) is 50.8 Å². The summed E-state index contributed by atoms with van der Waals surface area (Å²) in [4.78, 5) is 13.4. The summed E-state index contributed by atoms with van der Waals surface area (Å²) in [5, 5.41) is 2.14. The molecule has 0 amide bonds. The fourth-order valence-corrected chi connectivity index (χ4v) is 5.73. The molecule has 3 aromatic rings. The molecular weight excluding hydrogens is 583 g/mol. The van der Waals surface area contributed by atoms with Crippen LogP contribution in [0.5, 0.6) is 5.75 Å². The quantitative estimate of drug-likeness (QED) is 0.102. The van der Waals surface area contributed by atoms with E-state index in [-0.39, 0.29) is 10.6 Å². The second-order valence-corrected chi connectivity index (χ2v) is 13.2. The average Bonchev–Trinajstić information content (AvgIpc) is 3.00. The monoisotopic (exact) mass is 605 g/mol. The van der Waals surface area contributed by atoms with Crippen molar-refractivity contribution in [2.45, 2.75) is 43.5 Å². The Hall–Kier alpha value is -3.00. The van der Waals surface area contributed by atoms with E-state index in [1.165, 1.54) is 6.07 Å². The molecule has 1 aliphatic rings. The molecule has 8 nitrogen and oxygen atoms in total. The first kappa shape index (κ1) is 30.5. The summed E-state index contributed by atoms with van der Waals surface area (Å²) in [7, 11) is -2.64. The second kappa shape index (κ2) is 10.2. The lowest BCUT2D eigenvalue weighted by atomic mass is 9.81. The highest BCUT2D eigenvalue weighted by molar-refractivity contribution is 8.13. The lowest BCUT2D eigenvalue weighted by molar-refractivity contribution is -0.400. The van der Waals surface area contributed by atoms with Gasteiger partial charge in [0.15, 0.2) is 10.1 Å². The van der Waals surface area contributed by atoms with E-state index in [0.717, 1.165) is 22.0 Å². The molecule has 1 heterocycles. The van der Waals surface area contributed by atoms with Gasteiger partial charge in [-0.15, -0.1) is 0 Å². The number of hydrogen-bond donors (Lipinski definition) is 0. The number of hydrogen-bond acceptors (Lipinski definition) is 7. The fourth-order valence-electron chi connectivity index (χ4n) is 4.54. The van der Waals surface area contributed by atoms with Gasteiger partial charge in [0, 0.05) is 21.8 Å². The number of ether oxygens (including phenoxy) is 1. The van der Waals surface area contributed by atoms with Gasteiger partial charge >= 0.3 is 11.5 Å². The lowest BCUT2D eigenvalue weighted by Gasteiger charge is -2.18. The maximum atomic E-state index is 13.4. The number of esters is 1. The predicted molar refractivity (Wildman–Crippen MR) is 138 cm³/mol. The predicted octanol–water partition coefficient (Wildman–Crippen LogP) is 5.05. The Morgan fingerprint density at radius 2 is 1.56 bits per heavy atom. The van der Waals surface area contributed by atoms with Gasteiger partial charge in [0.2, 0.25) is 5.69 Å². The van der Waals surface area contributed by atoms with Crippen LogP contribution in [0.15, 0.2) is 53.4 Å². The van der Waals surface area contributed by atoms with Crippen LogP contribution in [0.4, 0.5) is 18.9 Å². The van der Waals surface area contributed by atoms with Crippen LogP contribution in [0, 0.1) is 13.8 Å². The number of aryl methyl sites for hydroxylation is 1. The summed E-state index contributed by atoms with van der Waals surface area (Å²) in [6.45, 7) is 7.32. The Labute approximate surface area is 227 Å². The molecule has 0 bridgehead atoms. The van der Waals surface area contributed by atoms with Crippen molar-refractivity contribution < 1.29 is 48.7 Å². The first-order valence-corrected chi connectivity index (χ1v) is 14.8. The topological polar surface area (TPSA) is 121 Å². The zero-order chi connectivity index (χ0) is 29.7. The molecule has 0 aromatic heterocycles. The molecule has 0 atom stereocenters. The van der Waals surface area contributed by atoms with Gasteiger partial charge in [0.05, 0.1) is 15.7 Å². The van der Waals surface area contributed by atoms with E-state index in [4.69, 9.17) is 28.4 Å². The molecule has 0 fully saturated rings. The average molecular weight is 606 g/mol. The van der Waals surface area contributed by atoms with Gasteiger partial charge in [0.1, 0.15) is 12.8 Å². The van der Waals surface area contributed by atoms with Crippen LogP contribution in [0.25, 0.3) is 10.8 Å². The standard InChI is InChI=1S/C24H23ClNO4S.CHF3O3S/c1-14-10-13-19(31(25,28)29)15(2)21(14)30-23(27)22-24(3,4)18-12-11-16-8-6-7-9-17(16)20(18)26(22)5;2-1(3,4)8(5,6)7/h6-13H,1-5H3;(H,5,6,7)/q+1;/p-1. The number of carbonyl (C=O) groups excluding carboxylic acids is 1. The number of benzene rings is 3. The number of alkyl halides is 3. The highest BCUT2D eigenvalue weighted by Crippen LogP contribution is 2.43. The van der Waals surface area contributed by atoms with E-state index >= 15 is 0 Å². The molecule has 0 saturated carbocycles. The molecule has 0 radical (unpaired) electrons. The van der Waals surface area contributed by atoms with Crippen LogP contribution in [0.3, 0.4) is 0 Å². The number of rotatable bonds is 3. The van der Waals surface area contributed by atoms with E-state index in [2.05, 4.69) is 6.07 Å². The molecule has 0 aliphatic carbocycles. The van der Waals surface area contributed by atoms with E-state index < -0.39 is 36.1 Å². The minimum absolute atomic E-state index is 0.0686. The van der Waals surface area contributed by atoms with Crippen molar-refractivity contribution in [2.24, 2.45) is 0 Å². The fraction of sp³-hybridized carbons (Fsp3) is 0.280. The minimum Gasteiger partial charge on any atom is -0.741 e. The first-order chi connectivity index (χ1) is 17.7. The molecule has 4 rings (SSSR count). The Kier molecular flexibility index (Phi) is 7.98. The molecule has 14 heteroatoms. The minimum atomic E-state index is -6.09.